The molecule has 1 amide bonds. The van der Waals surface area contributed by atoms with Gasteiger partial charge in [0.25, 0.3) is 5.91 Å². The molecule has 2 aromatic rings. The van der Waals surface area contributed by atoms with Crippen molar-refractivity contribution in [3.63, 3.8) is 0 Å². The van der Waals surface area contributed by atoms with Gasteiger partial charge in [0.1, 0.15) is 11.6 Å². The van der Waals surface area contributed by atoms with Crippen LogP contribution in [-0.4, -0.2) is 18.7 Å². The van der Waals surface area contributed by atoms with Gasteiger partial charge in [-0.15, -0.1) is 0 Å². The second-order valence-electron chi connectivity index (χ2n) is 4.94. The number of hydrogen-bond acceptors (Lipinski definition) is 3. The molecule has 4 nitrogen and oxygen atoms in total. The lowest BCUT2D eigenvalue weighted by Crippen LogP contribution is -2.25. The van der Waals surface area contributed by atoms with Crippen LogP contribution in [0.3, 0.4) is 0 Å². The van der Waals surface area contributed by atoms with Crippen molar-refractivity contribution < 1.29 is 13.9 Å². The highest BCUT2D eigenvalue weighted by Gasteiger charge is 2.07. The maximum atomic E-state index is 13.5. The number of amides is 1. The average Bonchev–Trinajstić information content (AvgIpc) is 2.50. The van der Waals surface area contributed by atoms with E-state index >= 15 is 0 Å². The van der Waals surface area contributed by atoms with Gasteiger partial charge >= 0.3 is 0 Å². The van der Waals surface area contributed by atoms with Crippen molar-refractivity contribution in [3.8, 4) is 5.75 Å². The van der Waals surface area contributed by atoms with E-state index in [1.165, 1.54) is 18.2 Å². The fraction of sp³-hybridized carbons (Fsp3) is 0.176. The Morgan fingerprint density at radius 1 is 1.26 bits per heavy atom. The molecule has 2 rings (SSSR count). The molecule has 0 atom stereocenters. The number of rotatable bonds is 5. The second-order valence-corrected chi connectivity index (χ2v) is 5.35. The first-order valence-electron chi connectivity index (χ1n) is 6.94. The summed E-state index contributed by atoms with van der Waals surface area (Å²) in [4.78, 5) is 11.7. The molecule has 0 fully saturated rings. The average molecular weight is 335 g/mol. The molecule has 0 aliphatic carbocycles. The van der Waals surface area contributed by atoms with E-state index < -0.39 is 11.7 Å². The van der Waals surface area contributed by atoms with Gasteiger partial charge in [0.05, 0.1) is 11.2 Å². The maximum absolute atomic E-state index is 13.5. The highest BCUT2D eigenvalue weighted by Crippen LogP contribution is 2.22. The van der Waals surface area contributed by atoms with Crippen LogP contribution in [0.25, 0.3) is 0 Å². The first-order chi connectivity index (χ1) is 11.0. The fourth-order valence-electron chi connectivity index (χ4n) is 2.00. The van der Waals surface area contributed by atoms with Crippen molar-refractivity contribution in [2.24, 2.45) is 5.10 Å². The third-order valence-corrected chi connectivity index (χ3v) is 3.47. The molecule has 0 radical (unpaired) electrons. The summed E-state index contributed by atoms with van der Waals surface area (Å²) in [7, 11) is 0. The number of hydrazone groups is 1. The smallest absolute Gasteiger partial charge is 0.277 e. The normalized spacial score (nSPS) is 10.8. The van der Waals surface area contributed by atoms with Crippen LogP contribution in [0.2, 0.25) is 5.02 Å². The fourth-order valence-corrected chi connectivity index (χ4v) is 2.21. The molecule has 0 saturated carbocycles. The number of benzene rings is 2. The van der Waals surface area contributed by atoms with Crippen LogP contribution >= 0.6 is 11.6 Å². The van der Waals surface area contributed by atoms with Crippen molar-refractivity contribution in [2.75, 3.05) is 6.61 Å². The number of halogens is 2. The van der Waals surface area contributed by atoms with E-state index in [4.69, 9.17) is 16.3 Å². The zero-order chi connectivity index (χ0) is 16.8. The number of carbonyl (C=O) groups excluding carboxylic acids is 1. The summed E-state index contributed by atoms with van der Waals surface area (Å²) in [5.74, 6) is -0.289. The summed E-state index contributed by atoms with van der Waals surface area (Å²) in [6.45, 7) is 3.62. The van der Waals surface area contributed by atoms with Crippen molar-refractivity contribution in [2.45, 2.75) is 13.8 Å². The minimum atomic E-state index is -0.512. The Balaban J connectivity index is 1.92. The van der Waals surface area contributed by atoms with E-state index in [1.807, 2.05) is 32.0 Å². The van der Waals surface area contributed by atoms with E-state index in [2.05, 4.69) is 10.5 Å². The van der Waals surface area contributed by atoms with Gasteiger partial charge in [0.15, 0.2) is 6.61 Å². The zero-order valence-corrected chi connectivity index (χ0v) is 13.5. The largest absolute Gasteiger partial charge is 0.483 e. The first kappa shape index (κ1) is 17.0. The Kier molecular flexibility index (Phi) is 5.71. The predicted octanol–water partition coefficient (Wildman–Crippen LogP) is 3.63. The first-order valence-corrected chi connectivity index (χ1v) is 7.31. The highest BCUT2D eigenvalue weighted by molar-refractivity contribution is 6.33. The molecule has 0 saturated heterocycles. The van der Waals surface area contributed by atoms with Crippen molar-refractivity contribution in [1.29, 1.82) is 0 Å². The third-order valence-electron chi connectivity index (χ3n) is 3.14. The Hall–Kier alpha value is -2.40. The molecular formula is C17H16ClFN2O2. The lowest BCUT2D eigenvalue weighted by molar-refractivity contribution is -0.123. The van der Waals surface area contributed by atoms with E-state index in [9.17, 15) is 9.18 Å². The number of nitrogens with one attached hydrogen (secondary N) is 1. The number of ether oxygens (including phenoxy) is 1. The van der Waals surface area contributed by atoms with Gasteiger partial charge in [0, 0.05) is 5.56 Å². The molecule has 0 aromatic heterocycles. The number of nitrogens with zero attached hydrogens (tertiary/aromatic N) is 1. The number of aryl methyl sites for hydroxylation is 2. The van der Waals surface area contributed by atoms with Crippen LogP contribution in [0.15, 0.2) is 41.5 Å². The quantitative estimate of drug-likeness (QED) is 0.670. The van der Waals surface area contributed by atoms with Gasteiger partial charge in [-0.3, -0.25) is 4.79 Å². The van der Waals surface area contributed by atoms with Crippen LogP contribution in [0.5, 0.6) is 5.75 Å². The van der Waals surface area contributed by atoms with Crippen LogP contribution < -0.4 is 10.2 Å². The molecule has 0 spiro atoms. The van der Waals surface area contributed by atoms with E-state index in [0.29, 0.717) is 5.75 Å². The standard InChI is InChI=1S/C17H16ClFN2O2/c1-11-5-3-6-12(2)17(11)23-10-16(22)21-20-9-13-14(18)7-4-8-15(13)19/h3-9H,10H2,1-2H3,(H,21,22)/b20-9-. The van der Waals surface area contributed by atoms with E-state index in [0.717, 1.165) is 17.3 Å². The summed E-state index contributed by atoms with van der Waals surface area (Å²) in [5, 5.41) is 3.91. The van der Waals surface area contributed by atoms with Crippen LogP contribution in [0, 0.1) is 19.7 Å². The number of para-hydroxylation sites is 1. The van der Waals surface area contributed by atoms with Gasteiger partial charge in [-0.25, -0.2) is 9.82 Å². The third kappa shape index (κ3) is 4.53. The molecule has 6 heteroatoms. The number of carbonyl (C=O) groups is 1. The van der Waals surface area contributed by atoms with Gasteiger partial charge in [-0.2, -0.15) is 5.10 Å². The van der Waals surface area contributed by atoms with Crippen molar-refractivity contribution in [3.05, 3.63) is 63.9 Å². The van der Waals surface area contributed by atoms with Gasteiger partial charge in [0.2, 0.25) is 0 Å². The topological polar surface area (TPSA) is 50.7 Å². The molecule has 120 valence electrons. The van der Waals surface area contributed by atoms with Crippen LogP contribution in [-0.2, 0) is 4.79 Å². The van der Waals surface area contributed by atoms with E-state index in [-0.39, 0.29) is 17.2 Å². The highest BCUT2D eigenvalue weighted by atomic mass is 35.5. The molecule has 23 heavy (non-hydrogen) atoms. The van der Waals surface area contributed by atoms with Gasteiger partial charge < -0.3 is 4.74 Å². The Morgan fingerprint density at radius 3 is 2.57 bits per heavy atom. The molecular weight excluding hydrogens is 319 g/mol. The molecule has 1 N–H and O–H groups in total. The lowest BCUT2D eigenvalue weighted by atomic mass is 10.1. The summed E-state index contributed by atoms with van der Waals surface area (Å²) in [6.07, 6.45) is 1.16. The Morgan fingerprint density at radius 2 is 1.91 bits per heavy atom. The summed E-state index contributed by atoms with van der Waals surface area (Å²) >= 11 is 5.85. The van der Waals surface area contributed by atoms with Crippen LogP contribution in [0.1, 0.15) is 16.7 Å². The summed E-state index contributed by atoms with van der Waals surface area (Å²) < 4.78 is 19.0. The molecule has 0 bridgehead atoms. The van der Waals surface area contributed by atoms with Gasteiger partial charge in [-0.1, -0.05) is 35.9 Å². The minimum Gasteiger partial charge on any atom is -0.483 e. The van der Waals surface area contributed by atoms with E-state index in [1.54, 1.807) is 0 Å². The SMILES string of the molecule is Cc1cccc(C)c1OCC(=O)N/N=C\c1c(F)cccc1Cl. The molecule has 2 aromatic carbocycles. The Bertz CT molecular complexity index is 707. The predicted molar refractivity (Wildman–Crippen MR) is 88.6 cm³/mol. The number of hydrogen-bond donors (Lipinski definition) is 1. The Labute approximate surface area is 138 Å². The van der Waals surface area contributed by atoms with Crippen molar-refractivity contribution >= 4 is 23.7 Å². The van der Waals surface area contributed by atoms with Gasteiger partial charge in [-0.05, 0) is 37.1 Å². The zero-order valence-electron chi connectivity index (χ0n) is 12.8. The summed E-state index contributed by atoms with van der Waals surface area (Å²) in [5.41, 5.74) is 4.28. The molecule has 0 aliphatic rings. The molecule has 0 heterocycles. The minimum absolute atomic E-state index is 0.116. The van der Waals surface area contributed by atoms with Crippen LogP contribution in [0.4, 0.5) is 4.39 Å². The second kappa shape index (κ2) is 7.74. The van der Waals surface area contributed by atoms with Crippen molar-refractivity contribution in [1.82, 2.24) is 5.43 Å². The molecule has 0 aliphatic heterocycles. The monoisotopic (exact) mass is 334 g/mol. The molecule has 0 unspecified atom stereocenters. The maximum Gasteiger partial charge on any atom is 0.277 e. The lowest BCUT2D eigenvalue weighted by Gasteiger charge is -2.10. The summed E-state index contributed by atoms with van der Waals surface area (Å²) in [6, 6.07) is 10.0.